The molecule has 0 N–H and O–H groups in total. The van der Waals surface area contributed by atoms with E-state index in [-0.39, 0.29) is 18.0 Å². The first-order valence-electron chi connectivity index (χ1n) is 7.20. The van der Waals surface area contributed by atoms with Crippen molar-refractivity contribution in [1.29, 1.82) is 0 Å². The van der Waals surface area contributed by atoms with Gasteiger partial charge in [-0.1, -0.05) is 12.1 Å². The summed E-state index contributed by atoms with van der Waals surface area (Å²) in [7, 11) is 3.94. The Bertz CT molecular complexity index is 655. The highest BCUT2D eigenvalue weighted by Gasteiger charge is 2.31. The van der Waals surface area contributed by atoms with Crippen molar-refractivity contribution in [2.75, 3.05) is 25.6 Å². The standard InChI is InChI=1S/C17H20N2O3/c1-5-22-17(21)15-11(2)18-14(16(15)20)10-12-6-8-13(9-7-12)19(3)4/h6-9H,5,10H2,1-4H3. The summed E-state index contributed by atoms with van der Waals surface area (Å²) < 4.78 is 4.91. The van der Waals surface area contributed by atoms with Crippen LogP contribution in [0.1, 0.15) is 19.4 Å². The van der Waals surface area contributed by atoms with E-state index in [0.717, 1.165) is 11.3 Å². The van der Waals surface area contributed by atoms with Gasteiger partial charge in [0, 0.05) is 26.2 Å². The molecule has 0 atom stereocenters. The van der Waals surface area contributed by atoms with Crippen LogP contribution >= 0.6 is 0 Å². The van der Waals surface area contributed by atoms with E-state index in [9.17, 15) is 9.59 Å². The number of benzene rings is 1. The summed E-state index contributed by atoms with van der Waals surface area (Å²) in [6, 6.07) is 7.90. The lowest BCUT2D eigenvalue weighted by Gasteiger charge is -2.12. The number of rotatable bonds is 5. The van der Waals surface area contributed by atoms with Gasteiger partial charge in [0.25, 0.3) is 0 Å². The SMILES string of the molecule is CCOC(=O)C1=C(C)N=C(Cc2ccc(N(C)C)cc2)C1=O. The highest BCUT2D eigenvalue weighted by Crippen LogP contribution is 2.21. The number of aliphatic imine (C=N–C) groups is 1. The third-order valence-electron chi connectivity index (χ3n) is 3.46. The molecule has 2 rings (SSSR count). The fourth-order valence-corrected chi connectivity index (χ4v) is 2.29. The lowest BCUT2D eigenvalue weighted by atomic mass is 10.0. The zero-order chi connectivity index (χ0) is 16.3. The Morgan fingerprint density at radius 2 is 1.86 bits per heavy atom. The quantitative estimate of drug-likeness (QED) is 0.617. The predicted octanol–water partition coefficient (Wildman–Crippen LogP) is 2.16. The van der Waals surface area contributed by atoms with Crippen LogP contribution < -0.4 is 4.90 Å². The molecule has 22 heavy (non-hydrogen) atoms. The van der Waals surface area contributed by atoms with Crippen LogP contribution in [0, 0.1) is 0 Å². The van der Waals surface area contributed by atoms with Crippen LogP contribution in [0.3, 0.4) is 0 Å². The van der Waals surface area contributed by atoms with Crippen LogP contribution in [-0.2, 0) is 20.7 Å². The van der Waals surface area contributed by atoms with Crippen molar-refractivity contribution >= 4 is 23.2 Å². The maximum Gasteiger partial charge on any atom is 0.344 e. The van der Waals surface area contributed by atoms with Crippen molar-refractivity contribution in [3.8, 4) is 0 Å². The molecule has 1 aliphatic rings. The van der Waals surface area contributed by atoms with E-state index >= 15 is 0 Å². The van der Waals surface area contributed by atoms with E-state index in [0.29, 0.717) is 17.8 Å². The molecule has 5 nitrogen and oxygen atoms in total. The van der Waals surface area contributed by atoms with E-state index in [2.05, 4.69) is 4.99 Å². The van der Waals surface area contributed by atoms with E-state index in [4.69, 9.17) is 4.74 Å². The fraction of sp³-hybridized carbons (Fsp3) is 0.353. The number of ether oxygens (including phenoxy) is 1. The zero-order valence-corrected chi connectivity index (χ0v) is 13.3. The lowest BCUT2D eigenvalue weighted by molar-refractivity contribution is -0.139. The van der Waals surface area contributed by atoms with Crippen molar-refractivity contribution < 1.29 is 14.3 Å². The molecule has 0 amide bonds. The fourth-order valence-electron chi connectivity index (χ4n) is 2.29. The van der Waals surface area contributed by atoms with Gasteiger partial charge in [0.2, 0.25) is 5.78 Å². The maximum absolute atomic E-state index is 12.3. The average Bonchev–Trinajstić information content (AvgIpc) is 2.74. The summed E-state index contributed by atoms with van der Waals surface area (Å²) in [5, 5.41) is 0. The smallest absolute Gasteiger partial charge is 0.344 e. The van der Waals surface area contributed by atoms with E-state index in [1.807, 2.05) is 43.3 Å². The maximum atomic E-state index is 12.3. The molecule has 0 saturated heterocycles. The second-order valence-electron chi connectivity index (χ2n) is 5.31. The third-order valence-corrected chi connectivity index (χ3v) is 3.46. The van der Waals surface area contributed by atoms with Crippen molar-refractivity contribution in [3.63, 3.8) is 0 Å². The summed E-state index contributed by atoms with van der Waals surface area (Å²) in [4.78, 5) is 30.4. The van der Waals surface area contributed by atoms with E-state index < -0.39 is 5.97 Å². The van der Waals surface area contributed by atoms with Crippen LogP contribution in [0.5, 0.6) is 0 Å². The van der Waals surface area contributed by atoms with Gasteiger partial charge in [0.1, 0.15) is 5.57 Å². The molecular weight excluding hydrogens is 280 g/mol. The normalized spacial score (nSPS) is 14.2. The number of hydrogen-bond donors (Lipinski definition) is 0. The Kier molecular flexibility index (Phi) is 4.75. The topological polar surface area (TPSA) is 59.0 Å². The van der Waals surface area contributed by atoms with Crippen LogP contribution in [0.25, 0.3) is 0 Å². The molecule has 0 radical (unpaired) electrons. The molecule has 1 aliphatic heterocycles. The lowest BCUT2D eigenvalue weighted by Crippen LogP contribution is -2.21. The zero-order valence-electron chi connectivity index (χ0n) is 13.3. The second-order valence-corrected chi connectivity index (χ2v) is 5.31. The van der Waals surface area contributed by atoms with Crippen molar-refractivity contribution in [1.82, 2.24) is 0 Å². The Morgan fingerprint density at radius 1 is 1.23 bits per heavy atom. The van der Waals surface area contributed by atoms with Crippen molar-refractivity contribution in [3.05, 3.63) is 41.1 Å². The Labute approximate surface area is 130 Å². The second kappa shape index (κ2) is 6.56. The van der Waals surface area contributed by atoms with Gasteiger partial charge in [-0.2, -0.15) is 0 Å². The number of ketones is 1. The van der Waals surface area contributed by atoms with Gasteiger partial charge >= 0.3 is 5.97 Å². The molecule has 0 aromatic heterocycles. The number of allylic oxidation sites excluding steroid dienone is 1. The molecule has 1 aromatic rings. The summed E-state index contributed by atoms with van der Waals surface area (Å²) in [6.45, 7) is 3.61. The predicted molar refractivity (Wildman–Crippen MR) is 86.2 cm³/mol. The van der Waals surface area contributed by atoms with Gasteiger partial charge in [-0.3, -0.25) is 9.79 Å². The first-order chi connectivity index (χ1) is 10.4. The number of carbonyl (C=O) groups excluding carboxylic acids is 2. The van der Waals surface area contributed by atoms with Gasteiger partial charge in [-0.25, -0.2) is 4.79 Å². The van der Waals surface area contributed by atoms with Crippen LogP contribution in [-0.4, -0.2) is 38.2 Å². The monoisotopic (exact) mass is 300 g/mol. The van der Waals surface area contributed by atoms with Crippen LogP contribution in [0.4, 0.5) is 5.69 Å². The highest BCUT2D eigenvalue weighted by atomic mass is 16.5. The Morgan fingerprint density at radius 3 is 2.41 bits per heavy atom. The first kappa shape index (κ1) is 15.9. The van der Waals surface area contributed by atoms with Crippen molar-refractivity contribution in [2.24, 2.45) is 4.99 Å². The minimum Gasteiger partial charge on any atom is -0.462 e. The molecule has 1 aromatic carbocycles. The molecule has 5 heteroatoms. The number of Topliss-reactive ketones (excluding diaryl/α,β-unsaturated/α-hetero) is 1. The molecule has 0 saturated carbocycles. The molecule has 0 unspecified atom stereocenters. The van der Waals surface area contributed by atoms with Crippen molar-refractivity contribution in [2.45, 2.75) is 20.3 Å². The summed E-state index contributed by atoms with van der Waals surface area (Å²) in [6.07, 6.45) is 0.410. The van der Waals surface area contributed by atoms with Gasteiger partial charge in [0.05, 0.1) is 18.0 Å². The summed E-state index contributed by atoms with van der Waals surface area (Å²) >= 11 is 0. The van der Waals surface area contributed by atoms with Gasteiger partial charge in [-0.15, -0.1) is 0 Å². The number of hydrogen-bond acceptors (Lipinski definition) is 5. The Balaban J connectivity index is 2.11. The third kappa shape index (κ3) is 3.24. The number of carbonyl (C=O) groups is 2. The average molecular weight is 300 g/mol. The van der Waals surface area contributed by atoms with E-state index in [1.165, 1.54) is 0 Å². The number of nitrogens with zero attached hydrogens (tertiary/aromatic N) is 2. The minimum atomic E-state index is -0.591. The van der Waals surface area contributed by atoms with Gasteiger partial charge < -0.3 is 9.64 Å². The number of esters is 1. The summed E-state index contributed by atoms with van der Waals surface area (Å²) in [5.41, 5.74) is 2.95. The Hall–Kier alpha value is -2.43. The molecule has 0 aliphatic carbocycles. The van der Waals surface area contributed by atoms with Gasteiger partial charge in [-0.05, 0) is 31.5 Å². The molecule has 0 spiro atoms. The van der Waals surface area contributed by atoms with Gasteiger partial charge in [0.15, 0.2) is 0 Å². The minimum absolute atomic E-state index is 0.0572. The largest absolute Gasteiger partial charge is 0.462 e. The molecule has 0 bridgehead atoms. The van der Waals surface area contributed by atoms with E-state index in [1.54, 1.807) is 13.8 Å². The molecule has 116 valence electrons. The van der Waals surface area contributed by atoms with Crippen LogP contribution in [0.2, 0.25) is 0 Å². The highest BCUT2D eigenvalue weighted by molar-refractivity contribution is 6.53. The number of anilines is 1. The summed E-state index contributed by atoms with van der Waals surface area (Å²) in [5.74, 6) is -0.917. The first-order valence-corrected chi connectivity index (χ1v) is 7.20. The molecule has 1 heterocycles. The molecular formula is C17H20N2O3. The van der Waals surface area contributed by atoms with Crippen LogP contribution in [0.15, 0.2) is 40.5 Å². The molecule has 0 fully saturated rings.